The van der Waals surface area contributed by atoms with Crippen molar-refractivity contribution in [3.63, 3.8) is 0 Å². The van der Waals surface area contributed by atoms with Gasteiger partial charge in [0.1, 0.15) is 5.82 Å². The lowest BCUT2D eigenvalue weighted by molar-refractivity contribution is 0.0591. The van der Waals surface area contributed by atoms with Crippen LogP contribution < -0.4 is 0 Å². The number of hydrogen-bond acceptors (Lipinski definition) is 3. The van der Waals surface area contributed by atoms with E-state index >= 15 is 0 Å². The Balaban J connectivity index is 1.46. The first-order valence-electron chi connectivity index (χ1n) is 8.94. The molecule has 2 aliphatic heterocycles. The molecule has 2 aliphatic rings. The smallest absolute Gasteiger partial charge is 0.254 e. The molecule has 2 unspecified atom stereocenters. The van der Waals surface area contributed by atoms with Crippen molar-refractivity contribution in [3.8, 4) is 0 Å². The fourth-order valence-corrected chi connectivity index (χ4v) is 5.08. The van der Waals surface area contributed by atoms with Gasteiger partial charge >= 0.3 is 0 Å². The fraction of sp³-hybridized carbons (Fsp3) is 0.450. The summed E-state index contributed by atoms with van der Waals surface area (Å²) in [6.07, 6.45) is 2.24. The number of benzene rings is 1. The molecular formula is C20H23FN2OS. The molecule has 1 aromatic heterocycles. The molecule has 2 aromatic rings. The molecule has 132 valence electrons. The van der Waals surface area contributed by atoms with Crippen LogP contribution in [-0.2, 0) is 6.54 Å². The molecule has 1 amide bonds. The van der Waals surface area contributed by atoms with Crippen molar-refractivity contribution >= 4 is 17.2 Å². The van der Waals surface area contributed by atoms with Crippen molar-refractivity contribution in [2.24, 2.45) is 5.92 Å². The van der Waals surface area contributed by atoms with E-state index in [1.807, 2.05) is 16.2 Å². The van der Waals surface area contributed by atoms with E-state index in [9.17, 15) is 9.18 Å². The molecular weight excluding hydrogens is 335 g/mol. The number of thiophene rings is 1. The monoisotopic (exact) mass is 358 g/mol. The highest BCUT2D eigenvalue weighted by Gasteiger charge is 2.40. The van der Waals surface area contributed by atoms with Crippen LogP contribution in [0, 0.1) is 18.7 Å². The molecule has 4 rings (SSSR count). The summed E-state index contributed by atoms with van der Waals surface area (Å²) in [4.78, 5) is 20.1. The van der Waals surface area contributed by atoms with Gasteiger partial charge in [-0.1, -0.05) is 0 Å². The molecule has 3 nitrogen and oxygen atoms in total. The quantitative estimate of drug-likeness (QED) is 0.830. The number of rotatable bonds is 3. The summed E-state index contributed by atoms with van der Waals surface area (Å²) in [7, 11) is 0. The minimum atomic E-state index is -0.300. The summed E-state index contributed by atoms with van der Waals surface area (Å²) in [6, 6.07) is 10.6. The number of amides is 1. The van der Waals surface area contributed by atoms with Crippen molar-refractivity contribution in [2.75, 3.05) is 19.6 Å². The average Bonchev–Trinajstić information content (AvgIpc) is 3.21. The zero-order valence-corrected chi connectivity index (χ0v) is 15.3. The SMILES string of the molecule is Cc1ccc(CN2CCC3CCN(C(=O)c4ccc(F)cc4)C3C2)s1. The van der Waals surface area contributed by atoms with E-state index in [0.717, 1.165) is 39.0 Å². The maximum Gasteiger partial charge on any atom is 0.254 e. The summed E-state index contributed by atoms with van der Waals surface area (Å²) in [6.45, 7) is 5.98. The van der Waals surface area contributed by atoms with Gasteiger partial charge in [-0.2, -0.15) is 0 Å². The van der Waals surface area contributed by atoms with Crippen LogP contribution in [-0.4, -0.2) is 41.4 Å². The van der Waals surface area contributed by atoms with Crippen molar-refractivity contribution in [1.29, 1.82) is 0 Å². The molecule has 0 radical (unpaired) electrons. The second-order valence-corrected chi connectivity index (χ2v) is 8.53. The Kier molecular flexibility index (Phi) is 4.61. The van der Waals surface area contributed by atoms with E-state index in [4.69, 9.17) is 0 Å². The van der Waals surface area contributed by atoms with Crippen LogP contribution in [0.3, 0.4) is 0 Å². The Labute approximate surface area is 152 Å². The first kappa shape index (κ1) is 16.7. The Morgan fingerprint density at radius 1 is 1.16 bits per heavy atom. The number of aryl methyl sites for hydroxylation is 1. The highest BCUT2D eigenvalue weighted by Crippen LogP contribution is 2.33. The first-order chi connectivity index (χ1) is 12.1. The topological polar surface area (TPSA) is 23.6 Å². The van der Waals surface area contributed by atoms with Crippen LogP contribution in [0.4, 0.5) is 4.39 Å². The second kappa shape index (κ2) is 6.89. The van der Waals surface area contributed by atoms with E-state index in [1.54, 1.807) is 12.1 Å². The maximum atomic E-state index is 13.1. The maximum absolute atomic E-state index is 13.1. The molecule has 2 atom stereocenters. The fourth-order valence-electron chi connectivity index (χ4n) is 4.15. The normalized spacial score (nSPS) is 23.7. The van der Waals surface area contributed by atoms with Gasteiger partial charge in [-0.25, -0.2) is 4.39 Å². The van der Waals surface area contributed by atoms with Gasteiger partial charge in [-0.05, 0) is 68.6 Å². The number of nitrogens with zero attached hydrogens (tertiary/aromatic N) is 2. The summed E-state index contributed by atoms with van der Waals surface area (Å²) < 4.78 is 13.1. The zero-order chi connectivity index (χ0) is 17.4. The third kappa shape index (κ3) is 3.48. The molecule has 0 N–H and O–H groups in total. The van der Waals surface area contributed by atoms with Crippen molar-refractivity contribution in [1.82, 2.24) is 9.80 Å². The largest absolute Gasteiger partial charge is 0.334 e. The lowest BCUT2D eigenvalue weighted by atomic mass is 9.92. The van der Waals surface area contributed by atoms with Gasteiger partial charge in [0.2, 0.25) is 0 Å². The molecule has 0 bridgehead atoms. The molecule has 1 aromatic carbocycles. The van der Waals surface area contributed by atoms with Gasteiger partial charge in [-0.3, -0.25) is 9.69 Å². The summed E-state index contributed by atoms with van der Waals surface area (Å²) >= 11 is 1.85. The standard InChI is InChI=1S/C20H23FN2OS/c1-14-2-7-18(25-14)12-22-10-8-15-9-11-23(19(15)13-22)20(24)16-3-5-17(21)6-4-16/h2-7,15,19H,8-13H2,1H3. The van der Waals surface area contributed by atoms with E-state index < -0.39 is 0 Å². The summed E-state index contributed by atoms with van der Waals surface area (Å²) in [5.41, 5.74) is 0.591. The van der Waals surface area contributed by atoms with Gasteiger partial charge in [-0.15, -0.1) is 11.3 Å². The van der Waals surface area contributed by atoms with Gasteiger partial charge < -0.3 is 4.90 Å². The molecule has 0 spiro atoms. The highest BCUT2D eigenvalue weighted by atomic mass is 32.1. The van der Waals surface area contributed by atoms with Crippen LogP contribution in [0.1, 0.15) is 33.0 Å². The third-order valence-corrected chi connectivity index (χ3v) is 6.46. The number of fused-ring (bicyclic) bond motifs is 1. The van der Waals surface area contributed by atoms with E-state index in [2.05, 4.69) is 24.0 Å². The molecule has 5 heteroatoms. The van der Waals surface area contributed by atoms with Gasteiger partial charge in [0.25, 0.3) is 5.91 Å². The van der Waals surface area contributed by atoms with Crippen LogP contribution in [0.2, 0.25) is 0 Å². The molecule has 3 heterocycles. The number of halogens is 1. The lowest BCUT2D eigenvalue weighted by Gasteiger charge is -2.38. The number of hydrogen-bond donors (Lipinski definition) is 0. The lowest BCUT2D eigenvalue weighted by Crippen LogP contribution is -2.49. The van der Waals surface area contributed by atoms with E-state index in [1.165, 1.54) is 21.9 Å². The minimum absolute atomic E-state index is 0.0429. The Morgan fingerprint density at radius 2 is 1.92 bits per heavy atom. The van der Waals surface area contributed by atoms with E-state index in [-0.39, 0.29) is 17.8 Å². The highest BCUT2D eigenvalue weighted by molar-refractivity contribution is 7.11. The van der Waals surface area contributed by atoms with Gasteiger partial charge in [0, 0.05) is 41.0 Å². The predicted octanol–water partition coefficient (Wildman–Crippen LogP) is 3.93. The van der Waals surface area contributed by atoms with Gasteiger partial charge in [0.05, 0.1) is 0 Å². The van der Waals surface area contributed by atoms with Crippen LogP contribution in [0.5, 0.6) is 0 Å². The number of carbonyl (C=O) groups excluding carboxylic acids is 1. The van der Waals surface area contributed by atoms with Crippen molar-refractivity contribution < 1.29 is 9.18 Å². The van der Waals surface area contributed by atoms with Crippen molar-refractivity contribution in [2.45, 2.75) is 32.4 Å². The summed E-state index contributed by atoms with van der Waals surface area (Å²) in [5.74, 6) is 0.345. The Bertz CT molecular complexity index is 757. The minimum Gasteiger partial charge on any atom is -0.334 e. The van der Waals surface area contributed by atoms with Gasteiger partial charge in [0.15, 0.2) is 0 Å². The predicted molar refractivity (Wildman–Crippen MR) is 98.3 cm³/mol. The summed E-state index contributed by atoms with van der Waals surface area (Å²) in [5, 5.41) is 0. The average molecular weight is 358 g/mol. The Hall–Kier alpha value is -1.72. The van der Waals surface area contributed by atoms with Crippen LogP contribution in [0.15, 0.2) is 36.4 Å². The van der Waals surface area contributed by atoms with Crippen LogP contribution in [0.25, 0.3) is 0 Å². The van der Waals surface area contributed by atoms with Crippen molar-refractivity contribution in [3.05, 3.63) is 57.5 Å². The second-order valence-electron chi connectivity index (χ2n) is 7.16. The number of likely N-dealkylation sites (tertiary alicyclic amines) is 2. The van der Waals surface area contributed by atoms with E-state index in [0.29, 0.717) is 11.5 Å². The third-order valence-electron chi connectivity index (χ3n) is 5.47. The molecule has 25 heavy (non-hydrogen) atoms. The number of piperidine rings is 1. The zero-order valence-electron chi connectivity index (χ0n) is 14.5. The molecule has 0 saturated carbocycles. The Morgan fingerprint density at radius 3 is 2.64 bits per heavy atom. The number of carbonyl (C=O) groups is 1. The molecule has 0 aliphatic carbocycles. The molecule has 2 saturated heterocycles. The first-order valence-corrected chi connectivity index (χ1v) is 9.76. The van der Waals surface area contributed by atoms with Crippen LogP contribution >= 0.6 is 11.3 Å². The molecule has 2 fully saturated rings.